The molecule has 0 spiro atoms. The number of aryl methyl sites for hydroxylation is 1. The first-order valence-electron chi connectivity index (χ1n) is 7.75. The van der Waals surface area contributed by atoms with Crippen LogP contribution in [0, 0.1) is 6.92 Å². The van der Waals surface area contributed by atoms with Crippen LogP contribution in [-0.4, -0.2) is 42.5 Å². The Labute approximate surface area is 127 Å². The van der Waals surface area contributed by atoms with Gasteiger partial charge in [0.2, 0.25) is 5.91 Å². The molecule has 1 heterocycles. The summed E-state index contributed by atoms with van der Waals surface area (Å²) in [7, 11) is 0. The second kappa shape index (κ2) is 6.58. The van der Waals surface area contributed by atoms with Gasteiger partial charge in [-0.2, -0.15) is 0 Å². The molecule has 0 bridgehead atoms. The Hall–Kier alpha value is -1.39. The maximum Gasteiger partial charge on any atom is 0.240 e. The van der Waals surface area contributed by atoms with Crippen molar-refractivity contribution < 1.29 is 4.79 Å². The van der Waals surface area contributed by atoms with E-state index in [1.807, 2.05) is 32.9 Å². The quantitative estimate of drug-likeness (QED) is 0.889. The first-order valence-corrected chi connectivity index (χ1v) is 7.75. The van der Waals surface area contributed by atoms with Crippen molar-refractivity contribution in [2.24, 2.45) is 0 Å². The lowest BCUT2D eigenvalue weighted by Gasteiger charge is -2.40. The number of nitrogens with zero attached hydrogens (tertiary/aromatic N) is 1. The highest BCUT2D eigenvalue weighted by Gasteiger charge is 2.35. The molecule has 1 fully saturated rings. The Bertz CT molecular complexity index is 493. The van der Waals surface area contributed by atoms with Crippen LogP contribution >= 0.6 is 0 Å². The monoisotopic (exact) mass is 289 g/mol. The molecule has 0 radical (unpaired) electrons. The van der Waals surface area contributed by atoms with E-state index in [1.54, 1.807) is 0 Å². The average Bonchev–Trinajstić information content (AvgIpc) is 2.48. The molecule has 1 saturated heterocycles. The van der Waals surface area contributed by atoms with E-state index in [-0.39, 0.29) is 11.9 Å². The SMILES string of the molecule is Cc1ccccc1C(C)NC(=O)C(C)(C)N1CCNCC1. The van der Waals surface area contributed by atoms with Crippen molar-refractivity contribution in [3.05, 3.63) is 35.4 Å². The first-order chi connectivity index (χ1) is 9.93. The summed E-state index contributed by atoms with van der Waals surface area (Å²) in [5.41, 5.74) is 1.92. The predicted molar refractivity (Wildman–Crippen MR) is 86.3 cm³/mol. The number of carbonyl (C=O) groups excluding carboxylic acids is 1. The predicted octanol–water partition coefficient (Wildman–Crippen LogP) is 1.86. The lowest BCUT2D eigenvalue weighted by atomic mass is 9.97. The summed E-state index contributed by atoms with van der Waals surface area (Å²) >= 11 is 0. The smallest absolute Gasteiger partial charge is 0.240 e. The summed E-state index contributed by atoms with van der Waals surface area (Å²) in [5, 5.41) is 6.50. The van der Waals surface area contributed by atoms with Crippen LogP contribution in [0.3, 0.4) is 0 Å². The molecule has 21 heavy (non-hydrogen) atoms. The van der Waals surface area contributed by atoms with Gasteiger partial charge in [-0.3, -0.25) is 9.69 Å². The summed E-state index contributed by atoms with van der Waals surface area (Å²) in [6, 6.07) is 8.24. The highest BCUT2D eigenvalue weighted by Crippen LogP contribution is 2.20. The molecule has 1 aliphatic rings. The van der Waals surface area contributed by atoms with E-state index in [1.165, 1.54) is 11.1 Å². The van der Waals surface area contributed by atoms with Crippen LogP contribution in [0.1, 0.15) is 37.9 Å². The topological polar surface area (TPSA) is 44.4 Å². The van der Waals surface area contributed by atoms with Gasteiger partial charge in [0.1, 0.15) is 0 Å². The average molecular weight is 289 g/mol. The van der Waals surface area contributed by atoms with E-state index >= 15 is 0 Å². The Morgan fingerprint density at radius 3 is 2.52 bits per heavy atom. The zero-order valence-corrected chi connectivity index (χ0v) is 13.6. The molecule has 1 amide bonds. The molecule has 4 heteroatoms. The molecule has 2 N–H and O–H groups in total. The molecule has 116 valence electrons. The van der Waals surface area contributed by atoms with Gasteiger partial charge in [0.25, 0.3) is 0 Å². The summed E-state index contributed by atoms with van der Waals surface area (Å²) in [5.74, 6) is 0.0974. The van der Waals surface area contributed by atoms with Gasteiger partial charge in [-0.25, -0.2) is 0 Å². The molecule has 0 saturated carbocycles. The van der Waals surface area contributed by atoms with Crippen molar-refractivity contribution in [2.75, 3.05) is 26.2 Å². The van der Waals surface area contributed by atoms with Gasteiger partial charge >= 0.3 is 0 Å². The molecular formula is C17H27N3O. The first kappa shape index (κ1) is 16.0. The Morgan fingerprint density at radius 2 is 1.90 bits per heavy atom. The van der Waals surface area contributed by atoms with Gasteiger partial charge in [0.05, 0.1) is 11.6 Å². The fourth-order valence-corrected chi connectivity index (χ4v) is 2.89. The molecule has 1 aromatic carbocycles. The number of hydrogen-bond acceptors (Lipinski definition) is 3. The minimum atomic E-state index is -0.473. The zero-order chi connectivity index (χ0) is 15.5. The second-order valence-corrected chi connectivity index (χ2v) is 6.35. The maximum absolute atomic E-state index is 12.7. The van der Waals surface area contributed by atoms with Gasteiger partial charge in [-0.15, -0.1) is 0 Å². The van der Waals surface area contributed by atoms with Crippen LogP contribution in [0.2, 0.25) is 0 Å². The van der Waals surface area contributed by atoms with E-state index in [9.17, 15) is 4.79 Å². The lowest BCUT2D eigenvalue weighted by molar-refractivity contribution is -0.132. The second-order valence-electron chi connectivity index (χ2n) is 6.35. The molecule has 1 aliphatic heterocycles. The Kier molecular flexibility index (Phi) is 5.01. The van der Waals surface area contributed by atoms with Crippen LogP contribution in [0.25, 0.3) is 0 Å². The maximum atomic E-state index is 12.7. The number of amides is 1. The van der Waals surface area contributed by atoms with E-state index in [4.69, 9.17) is 0 Å². The molecule has 2 rings (SSSR count). The van der Waals surface area contributed by atoms with Crippen LogP contribution in [-0.2, 0) is 4.79 Å². The minimum Gasteiger partial charge on any atom is -0.348 e. The van der Waals surface area contributed by atoms with Gasteiger partial charge in [0.15, 0.2) is 0 Å². The number of benzene rings is 1. The number of carbonyl (C=O) groups is 1. The third kappa shape index (κ3) is 3.63. The molecule has 4 nitrogen and oxygen atoms in total. The van der Waals surface area contributed by atoms with Gasteiger partial charge in [-0.05, 0) is 38.8 Å². The third-order valence-corrected chi connectivity index (χ3v) is 4.47. The van der Waals surface area contributed by atoms with Crippen molar-refractivity contribution in [1.82, 2.24) is 15.5 Å². The third-order valence-electron chi connectivity index (χ3n) is 4.47. The van der Waals surface area contributed by atoms with E-state index in [0.29, 0.717) is 0 Å². The fourth-order valence-electron chi connectivity index (χ4n) is 2.89. The molecule has 1 aromatic rings. The molecule has 1 unspecified atom stereocenters. The number of hydrogen-bond donors (Lipinski definition) is 2. The van der Waals surface area contributed by atoms with Crippen molar-refractivity contribution in [2.45, 2.75) is 39.3 Å². The van der Waals surface area contributed by atoms with Crippen molar-refractivity contribution in [3.8, 4) is 0 Å². The summed E-state index contributed by atoms with van der Waals surface area (Å²) < 4.78 is 0. The molecular weight excluding hydrogens is 262 g/mol. The normalized spacial score (nSPS) is 18.3. The summed E-state index contributed by atoms with van der Waals surface area (Å²) in [6.45, 7) is 11.9. The standard InChI is InChI=1S/C17H27N3O/c1-13-7-5-6-8-15(13)14(2)19-16(21)17(3,4)20-11-9-18-10-12-20/h5-8,14,18H,9-12H2,1-4H3,(H,19,21). The van der Waals surface area contributed by atoms with Crippen LogP contribution in [0.5, 0.6) is 0 Å². The highest BCUT2D eigenvalue weighted by molar-refractivity contribution is 5.85. The highest BCUT2D eigenvalue weighted by atomic mass is 16.2. The van der Waals surface area contributed by atoms with E-state index < -0.39 is 5.54 Å². The van der Waals surface area contributed by atoms with E-state index in [0.717, 1.165) is 26.2 Å². The van der Waals surface area contributed by atoms with Gasteiger partial charge in [-0.1, -0.05) is 24.3 Å². The zero-order valence-electron chi connectivity index (χ0n) is 13.6. The number of nitrogens with one attached hydrogen (secondary N) is 2. The summed E-state index contributed by atoms with van der Waals surface area (Å²) in [6.07, 6.45) is 0. The lowest BCUT2D eigenvalue weighted by Crippen LogP contribution is -2.60. The molecule has 0 aliphatic carbocycles. The number of rotatable bonds is 4. The fraction of sp³-hybridized carbons (Fsp3) is 0.588. The van der Waals surface area contributed by atoms with Crippen LogP contribution in [0.15, 0.2) is 24.3 Å². The molecule has 1 atom stereocenters. The minimum absolute atomic E-state index is 0.0286. The Morgan fingerprint density at radius 1 is 1.29 bits per heavy atom. The van der Waals surface area contributed by atoms with Gasteiger partial charge in [0, 0.05) is 26.2 Å². The largest absolute Gasteiger partial charge is 0.348 e. The van der Waals surface area contributed by atoms with Gasteiger partial charge < -0.3 is 10.6 Å². The summed E-state index contributed by atoms with van der Waals surface area (Å²) in [4.78, 5) is 14.9. The van der Waals surface area contributed by atoms with Crippen molar-refractivity contribution in [1.29, 1.82) is 0 Å². The van der Waals surface area contributed by atoms with Crippen LogP contribution in [0.4, 0.5) is 0 Å². The van der Waals surface area contributed by atoms with Crippen LogP contribution < -0.4 is 10.6 Å². The van der Waals surface area contributed by atoms with E-state index in [2.05, 4.69) is 34.6 Å². The van der Waals surface area contributed by atoms with Crippen molar-refractivity contribution in [3.63, 3.8) is 0 Å². The number of piperazine rings is 1. The molecule has 0 aromatic heterocycles. The Balaban J connectivity index is 2.04. The van der Waals surface area contributed by atoms with Crippen molar-refractivity contribution >= 4 is 5.91 Å².